The molecule has 0 spiro atoms. The molecule has 3 aromatic rings. The molecule has 0 atom stereocenters. The largest absolute Gasteiger partial charge is 0.323 e. The van der Waals surface area contributed by atoms with Gasteiger partial charge < -0.3 is 5.32 Å². The van der Waals surface area contributed by atoms with Crippen molar-refractivity contribution in [1.29, 1.82) is 0 Å². The molecule has 0 saturated carbocycles. The Balaban J connectivity index is 2.07. The summed E-state index contributed by atoms with van der Waals surface area (Å²) in [6.45, 7) is 1.97. The second kappa shape index (κ2) is 4.93. The van der Waals surface area contributed by atoms with Crippen molar-refractivity contribution >= 4 is 38.5 Å². The van der Waals surface area contributed by atoms with Crippen molar-refractivity contribution in [3.8, 4) is 0 Å². The molecule has 0 unspecified atom stereocenters. The molecule has 4 nitrogen and oxygen atoms in total. The molecule has 0 bridgehead atoms. The van der Waals surface area contributed by atoms with E-state index < -0.39 is 0 Å². The number of nitrogens with zero attached hydrogens (tertiary/aromatic N) is 3. The number of aryl methyl sites for hydroxylation is 1. The van der Waals surface area contributed by atoms with Gasteiger partial charge in [0.1, 0.15) is 0 Å². The summed E-state index contributed by atoms with van der Waals surface area (Å²) < 4.78 is 0.855. The van der Waals surface area contributed by atoms with Gasteiger partial charge in [-0.15, -0.1) is 0 Å². The summed E-state index contributed by atoms with van der Waals surface area (Å²) in [5, 5.41) is 4.29. The zero-order valence-corrected chi connectivity index (χ0v) is 11.8. The molecule has 0 amide bonds. The Bertz CT molecular complexity index is 725. The van der Waals surface area contributed by atoms with Gasteiger partial charge in [-0.25, -0.2) is 9.97 Å². The van der Waals surface area contributed by atoms with Gasteiger partial charge in [-0.1, -0.05) is 18.2 Å². The first-order valence-electron chi connectivity index (χ1n) is 5.83. The van der Waals surface area contributed by atoms with Crippen LogP contribution in [0.25, 0.3) is 10.9 Å². The monoisotopic (exact) mass is 314 g/mol. The summed E-state index contributed by atoms with van der Waals surface area (Å²) in [7, 11) is 0. The van der Waals surface area contributed by atoms with Gasteiger partial charge in [0.2, 0.25) is 5.95 Å². The molecule has 1 N–H and O–H groups in total. The summed E-state index contributed by atoms with van der Waals surface area (Å²) >= 11 is 3.32. The number of anilines is 2. The topological polar surface area (TPSA) is 50.7 Å². The zero-order chi connectivity index (χ0) is 13.2. The molecule has 2 aromatic heterocycles. The predicted molar refractivity (Wildman–Crippen MR) is 79.5 cm³/mol. The van der Waals surface area contributed by atoms with E-state index >= 15 is 0 Å². The van der Waals surface area contributed by atoms with Gasteiger partial charge in [-0.05, 0) is 35.0 Å². The molecule has 2 heterocycles. The summed E-state index contributed by atoms with van der Waals surface area (Å²) in [4.78, 5) is 12.9. The Morgan fingerprint density at radius 1 is 1.11 bits per heavy atom. The summed E-state index contributed by atoms with van der Waals surface area (Å²) in [5.41, 5.74) is 2.88. The molecule has 0 fully saturated rings. The van der Waals surface area contributed by atoms with E-state index in [-0.39, 0.29) is 0 Å². The van der Waals surface area contributed by atoms with Crippen LogP contribution in [0, 0.1) is 6.92 Å². The number of hydrogen-bond donors (Lipinski definition) is 1. The van der Waals surface area contributed by atoms with E-state index in [1.54, 1.807) is 12.4 Å². The highest BCUT2D eigenvalue weighted by Crippen LogP contribution is 2.25. The SMILES string of the molecule is Cc1cc(Nc2ncc(Br)cn2)c2ccccc2n1. The average Bonchev–Trinajstić information content (AvgIpc) is 2.41. The zero-order valence-electron chi connectivity index (χ0n) is 10.3. The first kappa shape index (κ1) is 12.0. The van der Waals surface area contributed by atoms with Crippen LogP contribution in [0.1, 0.15) is 5.69 Å². The summed E-state index contributed by atoms with van der Waals surface area (Å²) in [6, 6.07) is 9.99. The lowest BCUT2D eigenvalue weighted by Gasteiger charge is -2.09. The van der Waals surface area contributed by atoms with E-state index in [0.717, 1.165) is 26.8 Å². The number of fused-ring (bicyclic) bond motifs is 1. The van der Waals surface area contributed by atoms with E-state index in [9.17, 15) is 0 Å². The standard InChI is InChI=1S/C14H11BrN4/c1-9-6-13(11-4-2-3-5-12(11)18-9)19-14-16-7-10(15)8-17-14/h2-8H,1H3,(H,16,17,18,19). The average molecular weight is 315 g/mol. The third-order valence-corrected chi connectivity index (χ3v) is 3.12. The van der Waals surface area contributed by atoms with Crippen LogP contribution in [-0.2, 0) is 0 Å². The van der Waals surface area contributed by atoms with Crippen LogP contribution in [0.5, 0.6) is 0 Å². The van der Waals surface area contributed by atoms with Crippen molar-refractivity contribution in [3.05, 3.63) is 52.9 Å². The highest BCUT2D eigenvalue weighted by Gasteiger charge is 2.05. The third kappa shape index (κ3) is 2.56. The number of nitrogens with one attached hydrogen (secondary N) is 1. The third-order valence-electron chi connectivity index (χ3n) is 2.71. The van der Waals surface area contributed by atoms with Crippen molar-refractivity contribution < 1.29 is 0 Å². The smallest absolute Gasteiger partial charge is 0.227 e. The normalized spacial score (nSPS) is 10.6. The molecule has 0 radical (unpaired) electrons. The highest BCUT2D eigenvalue weighted by molar-refractivity contribution is 9.10. The van der Waals surface area contributed by atoms with Crippen LogP contribution in [0.4, 0.5) is 11.6 Å². The van der Waals surface area contributed by atoms with E-state index in [1.165, 1.54) is 0 Å². The first-order valence-corrected chi connectivity index (χ1v) is 6.62. The Hall–Kier alpha value is -2.01. The molecule has 0 aliphatic carbocycles. The fraction of sp³-hybridized carbons (Fsp3) is 0.0714. The highest BCUT2D eigenvalue weighted by atomic mass is 79.9. The number of aromatic nitrogens is 3. The molecule has 1 aromatic carbocycles. The van der Waals surface area contributed by atoms with Crippen molar-refractivity contribution in [1.82, 2.24) is 15.0 Å². The van der Waals surface area contributed by atoms with Crippen molar-refractivity contribution in [3.63, 3.8) is 0 Å². The second-order valence-electron chi connectivity index (χ2n) is 4.18. The molecule has 0 aliphatic heterocycles. The minimum atomic E-state index is 0.568. The van der Waals surface area contributed by atoms with E-state index in [0.29, 0.717) is 5.95 Å². The van der Waals surface area contributed by atoms with Gasteiger partial charge >= 0.3 is 0 Å². The van der Waals surface area contributed by atoms with Crippen LogP contribution in [-0.4, -0.2) is 15.0 Å². The minimum Gasteiger partial charge on any atom is -0.323 e. The molecular formula is C14H11BrN4. The maximum absolute atomic E-state index is 4.50. The van der Waals surface area contributed by atoms with E-state index in [4.69, 9.17) is 0 Å². The van der Waals surface area contributed by atoms with Gasteiger partial charge in [0, 0.05) is 23.5 Å². The molecule has 19 heavy (non-hydrogen) atoms. The van der Waals surface area contributed by atoms with Crippen LogP contribution >= 0.6 is 15.9 Å². The Kier molecular flexibility index (Phi) is 3.13. The molecule has 5 heteroatoms. The minimum absolute atomic E-state index is 0.568. The van der Waals surface area contributed by atoms with Crippen LogP contribution < -0.4 is 5.32 Å². The van der Waals surface area contributed by atoms with Gasteiger partial charge in [-0.3, -0.25) is 4.98 Å². The number of rotatable bonds is 2. The number of benzene rings is 1. The fourth-order valence-electron chi connectivity index (χ4n) is 1.91. The predicted octanol–water partition coefficient (Wildman–Crippen LogP) is 3.84. The number of para-hydroxylation sites is 1. The summed E-state index contributed by atoms with van der Waals surface area (Å²) in [5.74, 6) is 0.568. The fourth-order valence-corrected chi connectivity index (χ4v) is 2.11. The maximum atomic E-state index is 4.50. The van der Waals surface area contributed by atoms with Crippen LogP contribution in [0.15, 0.2) is 47.2 Å². The van der Waals surface area contributed by atoms with Crippen LogP contribution in [0.3, 0.4) is 0 Å². The Labute approximate surface area is 119 Å². The molecule has 0 saturated heterocycles. The Morgan fingerprint density at radius 3 is 2.63 bits per heavy atom. The van der Waals surface area contributed by atoms with Crippen LogP contribution in [0.2, 0.25) is 0 Å². The summed E-state index contributed by atoms with van der Waals surface area (Å²) in [6.07, 6.45) is 3.43. The quantitative estimate of drug-likeness (QED) is 0.780. The van der Waals surface area contributed by atoms with Gasteiger partial charge in [0.05, 0.1) is 15.7 Å². The van der Waals surface area contributed by atoms with Gasteiger partial charge in [0.15, 0.2) is 0 Å². The second-order valence-corrected chi connectivity index (χ2v) is 5.09. The first-order chi connectivity index (χ1) is 9.22. The van der Waals surface area contributed by atoms with Crippen molar-refractivity contribution in [2.24, 2.45) is 0 Å². The lowest BCUT2D eigenvalue weighted by Crippen LogP contribution is -1.98. The molecule has 3 rings (SSSR count). The lowest BCUT2D eigenvalue weighted by molar-refractivity contribution is 1.15. The van der Waals surface area contributed by atoms with E-state index in [2.05, 4.69) is 36.2 Å². The van der Waals surface area contributed by atoms with E-state index in [1.807, 2.05) is 37.3 Å². The number of pyridine rings is 1. The molecular weight excluding hydrogens is 304 g/mol. The molecule has 94 valence electrons. The number of hydrogen-bond acceptors (Lipinski definition) is 4. The molecule has 0 aliphatic rings. The maximum Gasteiger partial charge on any atom is 0.227 e. The number of halogens is 1. The van der Waals surface area contributed by atoms with Gasteiger partial charge in [0.25, 0.3) is 0 Å². The lowest BCUT2D eigenvalue weighted by atomic mass is 10.1. The Morgan fingerprint density at radius 2 is 1.84 bits per heavy atom. The van der Waals surface area contributed by atoms with Crippen molar-refractivity contribution in [2.75, 3.05) is 5.32 Å². The van der Waals surface area contributed by atoms with Crippen molar-refractivity contribution in [2.45, 2.75) is 6.92 Å². The van der Waals surface area contributed by atoms with Gasteiger partial charge in [-0.2, -0.15) is 0 Å².